The number of rotatable bonds is 5. The first-order valence-electron chi connectivity index (χ1n) is 13.2. The number of carboxylic acid groups (broad SMARTS) is 1. The summed E-state index contributed by atoms with van der Waals surface area (Å²) < 4.78 is 2.91. The number of thiophene rings is 1. The number of halogens is 1. The fraction of sp³-hybridized carbons (Fsp3) is 0.265. The van der Waals surface area contributed by atoms with Crippen LogP contribution in [0.3, 0.4) is 0 Å². The molecule has 2 heterocycles. The van der Waals surface area contributed by atoms with Crippen molar-refractivity contribution >= 4 is 39.1 Å². The van der Waals surface area contributed by atoms with Crippen LogP contribution >= 0.6 is 22.9 Å². The molecule has 0 saturated heterocycles. The molecular weight excluding hydrogens is 522 g/mol. The van der Waals surface area contributed by atoms with Crippen molar-refractivity contribution in [1.29, 1.82) is 0 Å². The fourth-order valence-electron chi connectivity index (χ4n) is 5.01. The quantitative estimate of drug-likeness (QED) is 0.234. The Bertz CT molecular complexity index is 1660. The Morgan fingerprint density at radius 1 is 0.821 bits per heavy atom. The molecule has 0 saturated carbocycles. The molecule has 5 rings (SSSR count). The molecule has 0 radical (unpaired) electrons. The number of hydrogen-bond donors (Lipinski definition) is 1. The number of fused-ring (bicyclic) bond motifs is 1. The molecule has 0 aliphatic heterocycles. The average Bonchev–Trinajstić information content (AvgIpc) is 3.41. The number of hydrogen-bond acceptors (Lipinski definition) is 2. The Hall–Kier alpha value is -3.34. The van der Waals surface area contributed by atoms with Crippen LogP contribution in [0, 0.1) is 0 Å². The van der Waals surface area contributed by atoms with Crippen LogP contribution in [-0.4, -0.2) is 15.6 Å². The third-order valence-electron chi connectivity index (χ3n) is 7.24. The lowest BCUT2D eigenvalue weighted by molar-refractivity contribution is 0.0687. The normalized spacial score (nSPS) is 12.3. The summed E-state index contributed by atoms with van der Waals surface area (Å²) in [5.74, 6) is -0.939. The van der Waals surface area contributed by atoms with Crippen molar-refractivity contribution in [2.75, 3.05) is 0 Å². The van der Waals surface area contributed by atoms with Gasteiger partial charge in [0.25, 0.3) is 0 Å². The van der Waals surface area contributed by atoms with E-state index >= 15 is 0 Å². The molecule has 0 fully saturated rings. The minimum absolute atomic E-state index is 0.0112. The number of nitrogens with zero attached hydrogens (tertiary/aromatic N) is 1. The van der Waals surface area contributed by atoms with Crippen LogP contribution in [0.1, 0.15) is 68.7 Å². The maximum absolute atomic E-state index is 12.8. The van der Waals surface area contributed by atoms with Crippen LogP contribution in [0.4, 0.5) is 0 Å². The second kappa shape index (κ2) is 10.0. The molecule has 39 heavy (non-hydrogen) atoms. The van der Waals surface area contributed by atoms with E-state index in [9.17, 15) is 9.90 Å². The van der Waals surface area contributed by atoms with E-state index in [-0.39, 0.29) is 10.8 Å². The Kier molecular flexibility index (Phi) is 6.98. The summed E-state index contributed by atoms with van der Waals surface area (Å²) in [5.41, 5.74) is 7.56. The SMILES string of the molecule is CC(C)(C)c1ccc(-c2cc3c(s2)c(-c2ccc(C(C)(C)C)cc2)c(C(=O)O)n3Cc2cccc(Cl)c2)cc1. The van der Waals surface area contributed by atoms with Crippen molar-refractivity contribution in [3.63, 3.8) is 0 Å². The largest absolute Gasteiger partial charge is 0.477 e. The van der Waals surface area contributed by atoms with Gasteiger partial charge in [0.05, 0.1) is 10.2 Å². The van der Waals surface area contributed by atoms with Gasteiger partial charge in [0, 0.05) is 22.0 Å². The van der Waals surface area contributed by atoms with Gasteiger partial charge in [0.1, 0.15) is 5.69 Å². The lowest BCUT2D eigenvalue weighted by Gasteiger charge is -2.19. The van der Waals surface area contributed by atoms with E-state index in [4.69, 9.17) is 11.6 Å². The summed E-state index contributed by atoms with van der Waals surface area (Å²) in [4.78, 5) is 13.9. The van der Waals surface area contributed by atoms with Crippen molar-refractivity contribution in [2.45, 2.75) is 58.9 Å². The van der Waals surface area contributed by atoms with E-state index in [2.05, 4.69) is 96.1 Å². The summed E-state index contributed by atoms with van der Waals surface area (Å²) in [7, 11) is 0. The van der Waals surface area contributed by atoms with Crippen LogP contribution in [-0.2, 0) is 17.4 Å². The molecular formula is C34H34ClNO2S. The topological polar surface area (TPSA) is 42.2 Å². The lowest BCUT2D eigenvalue weighted by Crippen LogP contribution is -2.11. The van der Waals surface area contributed by atoms with Gasteiger partial charge in [-0.1, -0.05) is 114 Å². The highest BCUT2D eigenvalue weighted by Gasteiger charge is 2.27. The molecule has 200 valence electrons. The highest BCUT2D eigenvalue weighted by Crippen LogP contribution is 2.44. The zero-order valence-corrected chi connectivity index (χ0v) is 24.9. The van der Waals surface area contributed by atoms with Gasteiger partial charge in [0.15, 0.2) is 0 Å². The summed E-state index contributed by atoms with van der Waals surface area (Å²) in [5, 5.41) is 11.1. The number of aromatic carboxylic acids is 1. The Labute approximate surface area is 239 Å². The maximum atomic E-state index is 12.8. The minimum Gasteiger partial charge on any atom is -0.477 e. The van der Waals surface area contributed by atoms with Crippen molar-refractivity contribution in [2.24, 2.45) is 0 Å². The van der Waals surface area contributed by atoms with Gasteiger partial charge >= 0.3 is 5.97 Å². The Morgan fingerprint density at radius 2 is 1.38 bits per heavy atom. The molecule has 3 nitrogen and oxygen atoms in total. The molecule has 0 atom stereocenters. The number of aromatic nitrogens is 1. The van der Waals surface area contributed by atoms with Gasteiger partial charge in [-0.05, 0) is 56.8 Å². The highest BCUT2D eigenvalue weighted by molar-refractivity contribution is 7.22. The summed E-state index contributed by atoms with van der Waals surface area (Å²) in [6.07, 6.45) is 0. The average molecular weight is 556 g/mol. The lowest BCUT2D eigenvalue weighted by atomic mass is 9.86. The third-order valence-corrected chi connectivity index (χ3v) is 8.67. The van der Waals surface area contributed by atoms with Crippen molar-refractivity contribution < 1.29 is 9.90 Å². The fourth-order valence-corrected chi connectivity index (χ4v) is 6.46. The first kappa shape index (κ1) is 27.2. The molecule has 2 aromatic heterocycles. The predicted octanol–water partition coefficient (Wildman–Crippen LogP) is 10.0. The van der Waals surface area contributed by atoms with Crippen molar-refractivity contribution in [3.05, 3.63) is 106 Å². The van der Waals surface area contributed by atoms with E-state index in [1.165, 1.54) is 11.1 Å². The number of carboxylic acids is 1. The summed E-state index contributed by atoms with van der Waals surface area (Å²) in [6.45, 7) is 13.6. The van der Waals surface area contributed by atoms with Gasteiger partial charge < -0.3 is 9.67 Å². The van der Waals surface area contributed by atoms with Crippen LogP contribution in [0.15, 0.2) is 78.9 Å². The van der Waals surface area contributed by atoms with Gasteiger partial charge in [-0.3, -0.25) is 0 Å². The van der Waals surface area contributed by atoms with E-state index in [1.54, 1.807) is 11.3 Å². The van der Waals surface area contributed by atoms with Crippen LogP contribution in [0.5, 0.6) is 0 Å². The molecule has 0 aliphatic carbocycles. The second-order valence-electron chi connectivity index (χ2n) is 12.2. The van der Waals surface area contributed by atoms with E-state index < -0.39 is 5.97 Å². The van der Waals surface area contributed by atoms with Crippen molar-refractivity contribution in [1.82, 2.24) is 4.57 Å². The Morgan fingerprint density at radius 3 is 1.90 bits per heavy atom. The zero-order chi connectivity index (χ0) is 28.1. The van der Waals surface area contributed by atoms with Crippen LogP contribution in [0.2, 0.25) is 5.02 Å². The van der Waals surface area contributed by atoms with Crippen LogP contribution in [0.25, 0.3) is 31.8 Å². The Balaban J connectivity index is 1.73. The standard InChI is InChI=1S/C34H34ClNO2S/c1-33(2,3)24-14-10-22(11-15-24)28-19-27-31(39-28)29(23-12-16-25(17-13-23)34(4,5)6)30(32(37)38)36(27)20-21-8-7-9-26(35)18-21/h7-19H,20H2,1-6H3,(H,37,38). The predicted molar refractivity (Wildman–Crippen MR) is 166 cm³/mol. The molecule has 0 spiro atoms. The molecule has 1 N–H and O–H groups in total. The van der Waals surface area contributed by atoms with Gasteiger partial charge in [0.2, 0.25) is 0 Å². The molecule has 0 bridgehead atoms. The van der Waals surface area contributed by atoms with Crippen LogP contribution < -0.4 is 0 Å². The van der Waals surface area contributed by atoms with E-state index in [1.807, 2.05) is 28.8 Å². The molecule has 5 heteroatoms. The molecule has 0 amide bonds. The van der Waals surface area contributed by atoms with E-state index in [0.717, 1.165) is 37.3 Å². The second-order valence-corrected chi connectivity index (χ2v) is 13.7. The molecule has 0 unspecified atom stereocenters. The molecule has 0 aliphatic rings. The summed E-state index contributed by atoms with van der Waals surface area (Å²) >= 11 is 7.94. The minimum atomic E-state index is -0.939. The zero-order valence-electron chi connectivity index (χ0n) is 23.3. The summed E-state index contributed by atoms with van der Waals surface area (Å²) in [6, 6.07) is 26.8. The number of benzene rings is 3. The monoisotopic (exact) mass is 555 g/mol. The third kappa shape index (κ3) is 5.41. The first-order chi connectivity index (χ1) is 18.3. The smallest absolute Gasteiger partial charge is 0.353 e. The van der Waals surface area contributed by atoms with E-state index in [0.29, 0.717) is 17.3 Å². The van der Waals surface area contributed by atoms with Gasteiger partial charge in [-0.25, -0.2) is 4.79 Å². The van der Waals surface area contributed by atoms with Gasteiger partial charge in [-0.2, -0.15) is 0 Å². The maximum Gasteiger partial charge on any atom is 0.353 e. The molecule has 3 aromatic carbocycles. The van der Waals surface area contributed by atoms with Gasteiger partial charge in [-0.15, -0.1) is 11.3 Å². The first-order valence-corrected chi connectivity index (χ1v) is 14.4. The molecule has 5 aromatic rings. The van der Waals surface area contributed by atoms with Crippen molar-refractivity contribution in [3.8, 4) is 21.6 Å². The number of carbonyl (C=O) groups is 1. The highest BCUT2D eigenvalue weighted by atomic mass is 35.5.